The Kier molecular flexibility index (Phi) is 19.8. The van der Waals surface area contributed by atoms with Crippen LogP contribution in [0.25, 0.3) is 89.3 Å². The maximum Gasteiger partial charge on any atom is 0.335 e. The van der Waals surface area contributed by atoms with Gasteiger partial charge < -0.3 is 51.7 Å². The third kappa shape index (κ3) is 15.5. The second kappa shape index (κ2) is 29.7. The van der Waals surface area contributed by atoms with Gasteiger partial charge in [-0.2, -0.15) is 19.9 Å². The molecule has 100 heavy (non-hydrogen) atoms. The number of carboxylic acids is 1. The van der Waals surface area contributed by atoms with Crippen molar-refractivity contribution in [3.05, 3.63) is 191 Å². The first-order valence-corrected chi connectivity index (χ1v) is 31.0. The number of imidazole rings is 3. The lowest BCUT2D eigenvalue weighted by Gasteiger charge is -2.02. The second-order valence-corrected chi connectivity index (χ2v) is 22.1. The average molecular weight is 1380 g/mol. The molecule has 0 aliphatic heterocycles. The van der Waals surface area contributed by atoms with E-state index in [-0.39, 0.29) is 40.1 Å². The number of aryl methyl sites for hydroxylation is 3. The molecule has 0 atom stereocenters. The molecule has 0 fully saturated rings. The zero-order valence-corrected chi connectivity index (χ0v) is 55.0. The Bertz CT molecular complexity index is 5510. The number of aromatic hydroxyl groups is 1. The Morgan fingerprint density at radius 1 is 0.520 bits per heavy atom. The van der Waals surface area contributed by atoms with Crippen LogP contribution >= 0.6 is 23.8 Å². The zero-order chi connectivity index (χ0) is 70.0. The molecule has 0 saturated carbocycles. The minimum Gasteiger partial charge on any atom is -0.504 e. The molecule has 502 valence electrons. The number of ketones is 2. The highest BCUT2D eigenvalue weighted by Gasteiger charge is 2.18. The quantitative estimate of drug-likeness (QED) is 0.0441. The van der Waals surface area contributed by atoms with E-state index in [4.69, 9.17) is 61.9 Å². The number of nitrogen functional groups attached to an aromatic ring is 1. The van der Waals surface area contributed by atoms with Crippen LogP contribution in [0.4, 0.5) is 41.7 Å². The van der Waals surface area contributed by atoms with E-state index in [1.165, 1.54) is 25.3 Å². The zero-order valence-electron chi connectivity index (χ0n) is 53.4. The molecule has 0 spiro atoms. The molecular weight excluding hydrogens is 1330 g/mol. The molecule has 0 bridgehead atoms. The van der Waals surface area contributed by atoms with Crippen molar-refractivity contribution >= 4 is 172 Å². The number of rotatable bonds is 12. The van der Waals surface area contributed by atoms with Crippen LogP contribution in [0, 0.1) is 4.84 Å². The summed E-state index contributed by atoms with van der Waals surface area (Å²) in [6.07, 6.45) is 12.3. The minimum atomic E-state index is -0.989. The number of H-pyrrole nitrogens is 1. The Morgan fingerprint density at radius 2 is 0.920 bits per heavy atom. The average Bonchev–Trinajstić information content (AvgIpc) is 1.65. The number of aromatic carboxylic acids is 1. The maximum atomic E-state index is 12.2. The van der Waals surface area contributed by atoms with Crippen molar-refractivity contribution in [1.29, 1.82) is 0 Å². The highest BCUT2D eigenvalue weighted by Crippen LogP contribution is 2.29. The fourth-order valence-electron chi connectivity index (χ4n) is 9.64. The number of nitrogens with two attached hydrogens (primary N) is 1. The highest BCUT2D eigenvalue weighted by molar-refractivity contribution is 7.71. The van der Waals surface area contributed by atoms with E-state index in [0.717, 1.165) is 40.4 Å². The van der Waals surface area contributed by atoms with Gasteiger partial charge >= 0.3 is 24.0 Å². The number of aromatic nitrogens is 17. The van der Waals surface area contributed by atoms with Gasteiger partial charge in [-0.1, -0.05) is 13.3 Å². The first kappa shape index (κ1) is 66.7. The van der Waals surface area contributed by atoms with Gasteiger partial charge in [0, 0.05) is 75.9 Å². The fourth-order valence-corrected chi connectivity index (χ4v) is 9.99. The number of carbonyl (C=O) groups excluding carboxylic acids is 2. The van der Waals surface area contributed by atoms with Crippen LogP contribution in [-0.4, -0.2) is 111 Å². The van der Waals surface area contributed by atoms with Crippen LogP contribution in [0.5, 0.6) is 5.75 Å². The summed E-state index contributed by atoms with van der Waals surface area (Å²) in [4.78, 5) is 91.9. The summed E-state index contributed by atoms with van der Waals surface area (Å²) in [5, 5.41) is 27.0. The Morgan fingerprint density at radius 3 is 1.33 bits per heavy atom. The molecule has 8 N–H and O–H groups in total. The Balaban J connectivity index is 0.000000119. The van der Waals surface area contributed by atoms with Crippen LogP contribution in [0.15, 0.2) is 187 Å². The standard InChI is InChI=1S/C19H19N5O2.C16H13N5O2.C15H11N5O3.C6H3ClN2O.C6H4N2OS.C5H6N2O/c1-3-4-6-15(25)12-8-9-14-13(11-12)21-18(24(14)2)23-19-22-17-16(26-19)7-5-10-20-17;1-9(22)10-5-6-12-11(8-10)18-15(21(12)2)20-16-19-14-13(23-16)4-3-7-17-14;1-20-10-5-4-8(13(21)22)7-9(10)17-14(20)19-15-18-12-11(23-15)3-2-6-16-12;7-6-9-5-4(10-6)2-1-3-8-5;10-6-8-5-4(9-6)2-1-3-7-5;6-5-4(8)2-1-3-7-5/h5,7-11H,3-4,6H2,1-2H3,(H,20,21,22,23);3-8H,1-2H3,(H,17,18,19,20);2-7H,1H3,(H,21,22)(H,16,17,18,19);1-3H;1-3H,(H,7,8,10);1-3,8H,(H2,6,7). The molecule has 17 rings (SSSR count). The van der Waals surface area contributed by atoms with Crippen LogP contribution in [0.2, 0.25) is 5.35 Å². The van der Waals surface area contributed by atoms with E-state index in [9.17, 15) is 14.4 Å². The molecular formula is C67H56ClN21O10S. The fraction of sp³-hybridized carbons (Fsp3) is 0.119. The molecule has 14 aromatic heterocycles. The molecule has 0 saturated heterocycles. The van der Waals surface area contributed by atoms with Gasteiger partial charge in [0.05, 0.1) is 38.7 Å². The van der Waals surface area contributed by atoms with Crippen molar-refractivity contribution in [3.8, 4) is 5.75 Å². The number of aromatic amines is 1. The molecule has 14 heterocycles. The van der Waals surface area contributed by atoms with Gasteiger partial charge in [0.2, 0.25) is 34.8 Å². The van der Waals surface area contributed by atoms with Gasteiger partial charge in [0.25, 0.3) is 10.2 Å². The summed E-state index contributed by atoms with van der Waals surface area (Å²) in [6.45, 7) is 3.61. The van der Waals surface area contributed by atoms with E-state index < -0.39 is 5.97 Å². The van der Waals surface area contributed by atoms with Crippen molar-refractivity contribution in [3.63, 3.8) is 0 Å². The van der Waals surface area contributed by atoms with Crippen LogP contribution in [-0.2, 0) is 21.1 Å². The number of hydrogen-bond donors (Lipinski definition) is 7. The monoisotopic (exact) mass is 1380 g/mol. The van der Waals surface area contributed by atoms with E-state index in [0.29, 0.717) is 114 Å². The Labute approximate surface area is 572 Å². The van der Waals surface area contributed by atoms with Gasteiger partial charge in [0.15, 0.2) is 62.3 Å². The van der Waals surface area contributed by atoms with Crippen LogP contribution < -0.4 is 21.7 Å². The number of halogens is 1. The lowest BCUT2D eigenvalue weighted by atomic mass is 10.1. The molecule has 0 amide bonds. The normalized spacial score (nSPS) is 10.9. The van der Waals surface area contributed by atoms with Gasteiger partial charge in [-0.05, 0) is 165 Å². The summed E-state index contributed by atoms with van der Waals surface area (Å²) >= 11 is 10.2. The first-order chi connectivity index (χ1) is 48.4. The summed E-state index contributed by atoms with van der Waals surface area (Å²) in [5.41, 5.74) is 17.3. The summed E-state index contributed by atoms with van der Waals surface area (Å²) in [5.74, 6) is 1.04. The third-order valence-corrected chi connectivity index (χ3v) is 15.0. The SMILES string of the molecule is CC(=O)c1ccc2c(c1)nc(Nc1nc3ncccc3o1)n2C.CCCCC(=O)c1ccc2c(c1)nc(Nc1nc3ncccc3o1)n2C.Clc1nc2ncccc2o1.Cn1c(Nc2nc3ncccc3o2)nc2cc(C(=O)O)ccc21.Nc1ncccc1O.S=c1[nH]c2ncccc2o1. The van der Waals surface area contributed by atoms with E-state index in [2.05, 4.69) is 92.6 Å². The minimum absolute atomic E-state index is 0.0112. The first-order valence-electron chi connectivity index (χ1n) is 30.2. The number of nitrogens with one attached hydrogen (secondary N) is 4. The van der Waals surface area contributed by atoms with Gasteiger partial charge in [-0.25, -0.2) is 49.7 Å². The van der Waals surface area contributed by atoms with E-state index in [1.807, 2.05) is 66.7 Å². The highest BCUT2D eigenvalue weighted by atomic mass is 35.5. The number of oxazole rings is 5. The lowest BCUT2D eigenvalue weighted by Crippen LogP contribution is -1.99. The molecule has 17 aromatic rings. The third-order valence-electron chi connectivity index (χ3n) is 14.7. The number of Topliss-reactive ketones (excluding diaryl/α,β-unsaturated/α-hetero) is 2. The number of anilines is 7. The predicted octanol–water partition coefficient (Wildman–Crippen LogP) is 14.0. The summed E-state index contributed by atoms with van der Waals surface area (Å²) in [7, 11) is 5.60. The number of nitrogens with zero attached hydrogens (tertiary/aromatic N) is 16. The summed E-state index contributed by atoms with van der Waals surface area (Å²) < 4.78 is 32.4. The number of pyridine rings is 6. The van der Waals surface area contributed by atoms with Crippen LogP contribution in [0.1, 0.15) is 64.2 Å². The van der Waals surface area contributed by atoms with Gasteiger partial charge in [0.1, 0.15) is 0 Å². The molecule has 0 unspecified atom stereocenters. The molecule has 0 radical (unpaired) electrons. The number of fused-ring (bicyclic) bond motifs is 8. The van der Waals surface area contributed by atoms with Gasteiger partial charge in [-0.3, -0.25) is 30.5 Å². The largest absolute Gasteiger partial charge is 0.504 e. The maximum absolute atomic E-state index is 12.2. The second-order valence-electron chi connectivity index (χ2n) is 21.5. The molecule has 0 aliphatic rings. The molecule has 31 nitrogen and oxygen atoms in total. The van der Waals surface area contributed by atoms with Crippen molar-refractivity contribution in [2.45, 2.75) is 33.1 Å². The summed E-state index contributed by atoms with van der Waals surface area (Å²) in [6, 6.07) is 37.7. The van der Waals surface area contributed by atoms with Crippen molar-refractivity contribution in [1.82, 2.24) is 83.5 Å². The van der Waals surface area contributed by atoms with Crippen molar-refractivity contribution in [2.75, 3.05) is 21.7 Å². The topological polar surface area (TPSA) is 418 Å². The Hall–Kier alpha value is -13.4. The van der Waals surface area contributed by atoms with E-state index in [1.54, 1.807) is 114 Å². The number of hydrogen-bond acceptors (Lipinski definition) is 27. The number of carbonyl (C=O) groups is 3. The number of unbranched alkanes of at least 4 members (excludes halogenated alkanes) is 1. The molecule has 3 aromatic carbocycles. The van der Waals surface area contributed by atoms with E-state index >= 15 is 0 Å². The van der Waals surface area contributed by atoms with Crippen molar-refractivity contribution < 1.29 is 46.7 Å². The lowest BCUT2D eigenvalue weighted by molar-refractivity contribution is 0.0696. The van der Waals surface area contributed by atoms with Crippen molar-refractivity contribution in [2.24, 2.45) is 21.1 Å². The smallest absolute Gasteiger partial charge is 0.335 e. The van der Waals surface area contributed by atoms with Crippen LogP contribution in [0.3, 0.4) is 0 Å². The predicted molar refractivity (Wildman–Crippen MR) is 375 cm³/mol. The molecule has 0 aliphatic carbocycles. The number of carboxylic acid groups (broad SMARTS) is 1. The van der Waals surface area contributed by atoms with Gasteiger partial charge in [-0.15, -0.1) is 0 Å². The molecule has 33 heteroatoms. The number of benzene rings is 3.